The maximum atomic E-state index is 5.65. The maximum Gasteiger partial charge on any atom is 0.157 e. The summed E-state index contributed by atoms with van der Waals surface area (Å²) in [5.74, 6) is 0.852. The van der Waals surface area contributed by atoms with Crippen molar-refractivity contribution in [3.05, 3.63) is 24.3 Å². The zero-order valence-electron chi connectivity index (χ0n) is 10.5. The zero-order chi connectivity index (χ0) is 12.3. The van der Waals surface area contributed by atoms with E-state index in [9.17, 15) is 0 Å². The van der Waals surface area contributed by atoms with E-state index in [1.54, 1.807) is 7.11 Å². The monoisotopic (exact) mass is 237 g/mol. The third-order valence-corrected chi connectivity index (χ3v) is 2.74. The van der Waals surface area contributed by atoms with Gasteiger partial charge in [-0.2, -0.15) is 0 Å². The van der Waals surface area contributed by atoms with Crippen LogP contribution in [0.4, 0.5) is 5.69 Å². The van der Waals surface area contributed by atoms with Crippen molar-refractivity contribution in [3.63, 3.8) is 0 Å². The number of hydrogen-bond donors (Lipinski definition) is 1. The molecule has 4 heteroatoms. The minimum absolute atomic E-state index is 0.00199. The van der Waals surface area contributed by atoms with Crippen LogP contribution < -0.4 is 10.1 Å². The van der Waals surface area contributed by atoms with E-state index in [0.29, 0.717) is 0 Å². The van der Waals surface area contributed by atoms with Gasteiger partial charge in [0.15, 0.2) is 6.29 Å². The van der Waals surface area contributed by atoms with Gasteiger partial charge in [-0.3, -0.25) is 0 Å². The Morgan fingerprint density at radius 3 is 2.47 bits per heavy atom. The fourth-order valence-corrected chi connectivity index (χ4v) is 1.97. The summed E-state index contributed by atoms with van der Waals surface area (Å²) in [6, 6.07) is 7.81. The van der Waals surface area contributed by atoms with Crippen LogP contribution in [0.5, 0.6) is 5.75 Å². The molecule has 0 bridgehead atoms. The van der Waals surface area contributed by atoms with Gasteiger partial charge in [0.2, 0.25) is 0 Å². The first-order valence-corrected chi connectivity index (χ1v) is 5.89. The highest BCUT2D eigenvalue weighted by Gasteiger charge is 2.24. The van der Waals surface area contributed by atoms with Crippen molar-refractivity contribution in [1.29, 1.82) is 0 Å². The molecule has 0 spiro atoms. The summed E-state index contributed by atoms with van der Waals surface area (Å²) < 4.78 is 16.3. The van der Waals surface area contributed by atoms with Crippen LogP contribution in [0, 0.1) is 0 Å². The van der Waals surface area contributed by atoms with Crippen molar-refractivity contribution < 1.29 is 14.2 Å². The van der Waals surface area contributed by atoms with Gasteiger partial charge in [0.05, 0.1) is 13.2 Å². The first-order chi connectivity index (χ1) is 8.17. The Morgan fingerprint density at radius 1 is 1.18 bits per heavy atom. The van der Waals surface area contributed by atoms with Crippen molar-refractivity contribution in [2.45, 2.75) is 38.9 Å². The molecule has 0 amide bonds. The van der Waals surface area contributed by atoms with E-state index in [2.05, 4.69) is 12.2 Å². The minimum Gasteiger partial charge on any atom is -0.497 e. The number of methoxy groups -OCH3 is 1. The van der Waals surface area contributed by atoms with Crippen LogP contribution in [0.2, 0.25) is 0 Å². The largest absolute Gasteiger partial charge is 0.497 e. The Morgan fingerprint density at radius 2 is 1.88 bits per heavy atom. The summed E-state index contributed by atoms with van der Waals surface area (Å²) in [4.78, 5) is 0. The lowest BCUT2D eigenvalue weighted by Gasteiger charge is -2.33. The molecule has 1 saturated heterocycles. The highest BCUT2D eigenvalue weighted by atomic mass is 16.7. The molecule has 1 N–H and O–H groups in total. The normalized spacial score (nSPS) is 28.8. The molecule has 0 aromatic heterocycles. The molecule has 1 aliphatic heterocycles. The van der Waals surface area contributed by atoms with Crippen LogP contribution in [-0.2, 0) is 9.47 Å². The van der Waals surface area contributed by atoms with Gasteiger partial charge in [-0.25, -0.2) is 0 Å². The van der Waals surface area contributed by atoms with Crippen LogP contribution >= 0.6 is 0 Å². The Hall–Kier alpha value is -1.26. The van der Waals surface area contributed by atoms with E-state index in [0.717, 1.165) is 17.9 Å². The van der Waals surface area contributed by atoms with Crippen LogP contribution in [0.15, 0.2) is 24.3 Å². The third-order valence-electron chi connectivity index (χ3n) is 2.74. The van der Waals surface area contributed by atoms with Gasteiger partial charge in [-0.15, -0.1) is 0 Å². The summed E-state index contributed by atoms with van der Waals surface area (Å²) >= 11 is 0. The van der Waals surface area contributed by atoms with E-state index < -0.39 is 0 Å². The van der Waals surface area contributed by atoms with Gasteiger partial charge in [-0.1, -0.05) is 0 Å². The number of nitrogens with one attached hydrogen (secondary N) is 1. The SMILES string of the molecule is COc1ccc(N[C@@H]2C[C@H](C)O[C@H](C)O2)cc1. The Labute approximate surface area is 102 Å². The molecule has 3 atom stereocenters. The molecule has 17 heavy (non-hydrogen) atoms. The second-order valence-electron chi connectivity index (χ2n) is 4.25. The molecule has 0 saturated carbocycles. The van der Waals surface area contributed by atoms with Crippen LogP contribution in [0.1, 0.15) is 20.3 Å². The fourth-order valence-electron chi connectivity index (χ4n) is 1.97. The molecule has 0 unspecified atom stereocenters. The lowest BCUT2D eigenvalue weighted by Crippen LogP contribution is -2.39. The highest BCUT2D eigenvalue weighted by molar-refractivity contribution is 5.46. The molecule has 0 radical (unpaired) electrons. The molecule has 2 rings (SSSR count). The molecule has 1 heterocycles. The summed E-state index contributed by atoms with van der Waals surface area (Å²) in [6.07, 6.45) is 0.905. The maximum absolute atomic E-state index is 5.65. The third kappa shape index (κ3) is 3.35. The smallest absolute Gasteiger partial charge is 0.157 e. The molecule has 1 aromatic carbocycles. The molecule has 0 aliphatic carbocycles. The first kappa shape index (κ1) is 12.2. The predicted molar refractivity (Wildman–Crippen MR) is 66.1 cm³/mol. The average molecular weight is 237 g/mol. The highest BCUT2D eigenvalue weighted by Crippen LogP contribution is 2.21. The van der Waals surface area contributed by atoms with Gasteiger partial charge in [0.25, 0.3) is 0 Å². The Balaban J connectivity index is 1.95. The molecular formula is C13H19NO3. The van der Waals surface area contributed by atoms with E-state index in [1.807, 2.05) is 31.2 Å². The molecule has 4 nitrogen and oxygen atoms in total. The van der Waals surface area contributed by atoms with Crippen LogP contribution in [0.3, 0.4) is 0 Å². The predicted octanol–water partition coefficient (Wildman–Crippen LogP) is 2.60. The van der Waals surface area contributed by atoms with Crippen LogP contribution in [-0.4, -0.2) is 25.7 Å². The number of ether oxygens (including phenoxy) is 3. The second-order valence-corrected chi connectivity index (χ2v) is 4.25. The van der Waals surface area contributed by atoms with Gasteiger partial charge >= 0.3 is 0 Å². The number of benzene rings is 1. The lowest BCUT2D eigenvalue weighted by atomic mass is 10.2. The lowest BCUT2D eigenvalue weighted by molar-refractivity contribution is -0.222. The van der Waals surface area contributed by atoms with E-state index >= 15 is 0 Å². The number of hydrogen-bond acceptors (Lipinski definition) is 4. The quantitative estimate of drug-likeness (QED) is 0.877. The van der Waals surface area contributed by atoms with Gasteiger partial charge in [-0.05, 0) is 38.1 Å². The van der Waals surface area contributed by atoms with Gasteiger partial charge < -0.3 is 19.5 Å². The van der Waals surface area contributed by atoms with E-state index in [-0.39, 0.29) is 18.6 Å². The van der Waals surface area contributed by atoms with Gasteiger partial charge in [0, 0.05) is 12.1 Å². The van der Waals surface area contributed by atoms with E-state index in [4.69, 9.17) is 14.2 Å². The molecular weight excluding hydrogens is 218 g/mol. The fraction of sp³-hybridized carbons (Fsp3) is 0.538. The Kier molecular flexibility index (Phi) is 3.86. The number of rotatable bonds is 3. The van der Waals surface area contributed by atoms with Crippen molar-refractivity contribution in [2.75, 3.05) is 12.4 Å². The minimum atomic E-state index is -0.158. The first-order valence-electron chi connectivity index (χ1n) is 5.89. The topological polar surface area (TPSA) is 39.7 Å². The van der Waals surface area contributed by atoms with Crippen LogP contribution in [0.25, 0.3) is 0 Å². The summed E-state index contributed by atoms with van der Waals surface area (Å²) in [6.45, 7) is 3.97. The zero-order valence-corrected chi connectivity index (χ0v) is 10.5. The van der Waals surface area contributed by atoms with Crippen molar-refractivity contribution in [1.82, 2.24) is 0 Å². The standard InChI is InChI=1S/C13H19NO3/c1-9-8-13(17-10(2)16-9)14-11-4-6-12(15-3)7-5-11/h4-7,9-10,13-14H,8H2,1-3H3/t9-,10-,13-/m0/s1. The van der Waals surface area contributed by atoms with Crippen molar-refractivity contribution in [2.24, 2.45) is 0 Å². The number of anilines is 1. The van der Waals surface area contributed by atoms with Crippen molar-refractivity contribution >= 4 is 5.69 Å². The summed E-state index contributed by atoms with van der Waals surface area (Å²) in [7, 11) is 1.66. The summed E-state index contributed by atoms with van der Waals surface area (Å²) in [5.41, 5.74) is 1.03. The molecule has 94 valence electrons. The molecule has 1 aliphatic rings. The molecule has 1 aromatic rings. The second kappa shape index (κ2) is 5.38. The van der Waals surface area contributed by atoms with Gasteiger partial charge in [0.1, 0.15) is 12.0 Å². The summed E-state index contributed by atoms with van der Waals surface area (Å²) in [5, 5.41) is 3.34. The molecule has 1 fully saturated rings. The van der Waals surface area contributed by atoms with E-state index in [1.165, 1.54) is 0 Å². The Bertz CT molecular complexity index is 342. The van der Waals surface area contributed by atoms with Crippen molar-refractivity contribution in [3.8, 4) is 5.75 Å². The average Bonchev–Trinajstić information content (AvgIpc) is 2.28.